The molecule has 0 aliphatic heterocycles. The molecule has 1 fully saturated rings. The van der Waals surface area contributed by atoms with Crippen LogP contribution in [0.3, 0.4) is 0 Å². The molecule has 0 amide bonds. The summed E-state index contributed by atoms with van der Waals surface area (Å²) in [5.41, 5.74) is 13.1. The van der Waals surface area contributed by atoms with Crippen LogP contribution in [0.25, 0.3) is 16.6 Å². The third kappa shape index (κ3) is 5.37. The van der Waals surface area contributed by atoms with Gasteiger partial charge in [-0.1, -0.05) is 40.0 Å². The van der Waals surface area contributed by atoms with Crippen molar-refractivity contribution in [3.8, 4) is 16.9 Å². The molecule has 1 aromatic carbocycles. The third-order valence-corrected chi connectivity index (χ3v) is 6.59. The van der Waals surface area contributed by atoms with Crippen LogP contribution in [0, 0.1) is 0 Å². The van der Waals surface area contributed by atoms with Crippen LogP contribution in [0.15, 0.2) is 54.0 Å². The minimum Gasteiger partial charge on any atom is -0.508 e. The summed E-state index contributed by atoms with van der Waals surface area (Å²) in [6.07, 6.45) is 14.4. The molecule has 3 heterocycles. The molecular formula is C28H37N7O. The second-order valence-electron chi connectivity index (χ2n) is 9.04. The fourth-order valence-electron chi connectivity index (χ4n) is 4.74. The lowest BCUT2D eigenvalue weighted by atomic mass is 9.95. The van der Waals surface area contributed by atoms with Crippen LogP contribution >= 0.6 is 0 Å². The highest BCUT2D eigenvalue weighted by Crippen LogP contribution is 2.32. The van der Waals surface area contributed by atoms with Gasteiger partial charge in [0.25, 0.3) is 0 Å². The molecule has 36 heavy (non-hydrogen) atoms. The van der Waals surface area contributed by atoms with E-state index in [2.05, 4.69) is 21.6 Å². The van der Waals surface area contributed by atoms with Gasteiger partial charge in [-0.15, -0.1) is 0 Å². The van der Waals surface area contributed by atoms with Crippen molar-refractivity contribution >= 4 is 22.7 Å². The lowest BCUT2D eigenvalue weighted by Crippen LogP contribution is -2.25. The standard InChI is InChI=1S/C26H31N7O.C2H6/c1-3-17-11-21(34)9-10-23(17)31-26(27)22-14-29-33-16-18(19-13-28-32(2)15-19)12-24(33)25(22)30-20-7-5-4-6-8-20;1-2/h9-16,20,30,34H,3-8H2,1-2H3,(H2,27,31);1-2H3. The van der Waals surface area contributed by atoms with Gasteiger partial charge in [0.1, 0.15) is 11.6 Å². The van der Waals surface area contributed by atoms with E-state index in [1.54, 1.807) is 29.1 Å². The molecule has 8 nitrogen and oxygen atoms in total. The number of nitrogens with two attached hydrogens (primary N) is 1. The first-order valence-corrected chi connectivity index (χ1v) is 12.9. The van der Waals surface area contributed by atoms with E-state index >= 15 is 0 Å². The van der Waals surface area contributed by atoms with Gasteiger partial charge in [-0.3, -0.25) is 4.68 Å². The Bertz CT molecular complexity index is 1350. The fourth-order valence-corrected chi connectivity index (χ4v) is 4.74. The predicted octanol–water partition coefficient (Wildman–Crippen LogP) is 5.81. The van der Waals surface area contributed by atoms with Crippen molar-refractivity contribution in [1.29, 1.82) is 0 Å². The summed E-state index contributed by atoms with van der Waals surface area (Å²) in [6.45, 7) is 6.04. The Balaban J connectivity index is 0.00000148. The molecule has 5 rings (SSSR count). The van der Waals surface area contributed by atoms with Crippen molar-refractivity contribution in [2.45, 2.75) is 65.3 Å². The number of benzene rings is 1. The topological polar surface area (TPSA) is 106 Å². The first-order chi connectivity index (χ1) is 17.5. The van der Waals surface area contributed by atoms with Crippen molar-refractivity contribution in [3.05, 3.63) is 60.2 Å². The van der Waals surface area contributed by atoms with E-state index in [1.807, 2.05) is 50.9 Å². The fraction of sp³-hybridized carbons (Fsp3) is 0.393. The number of anilines is 1. The summed E-state index contributed by atoms with van der Waals surface area (Å²) in [4.78, 5) is 4.75. The lowest BCUT2D eigenvalue weighted by Gasteiger charge is -2.25. The minimum absolute atomic E-state index is 0.230. The number of phenols is 1. The average Bonchev–Trinajstić information content (AvgIpc) is 3.53. The van der Waals surface area contributed by atoms with Gasteiger partial charge in [-0.2, -0.15) is 10.2 Å². The highest BCUT2D eigenvalue weighted by Gasteiger charge is 2.20. The number of aromatic hydroxyl groups is 1. The predicted molar refractivity (Wildman–Crippen MR) is 147 cm³/mol. The van der Waals surface area contributed by atoms with E-state index < -0.39 is 0 Å². The molecule has 3 aromatic heterocycles. The van der Waals surface area contributed by atoms with Crippen LogP contribution in [0.5, 0.6) is 5.75 Å². The second-order valence-corrected chi connectivity index (χ2v) is 9.04. The van der Waals surface area contributed by atoms with E-state index in [1.165, 1.54) is 19.3 Å². The Morgan fingerprint density at radius 2 is 1.86 bits per heavy atom. The molecule has 1 aliphatic rings. The van der Waals surface area contributed by atoms with Crippen LogP contribution in [0.1, 0.15) is 64.0 Å². The van der Waals surface area contributed by atoms with Crippen molar-refractivity contribution in [1.82, 2.24) is 19.4 Å². The summed E-state index contributed by atoms with van der Waals surface area (Å²) in [5, 5.41) is 22.6. The molecule has 0 atom stereocenters. The van der Waals surface area contributed by atoms with E-state index in [0.717, 1.165) is 58.4 Å². The van der Waals surface area contributed by atoms with E-state index in [0.29, 0.717) is 11.9 Å². The Kier molecular flexibility index (Phi) is 7.93. The van der Waals surface area contributed by atoms with Crippen LogP contribution in [-0.2, 0) is 13.5 Å². The van der Waals surface area contributed by atoms with Gasteiger partial charge in [-0.05, 0) is 49.1 Å². The summed E-state index contributed by atoms with van der Waals surface area (Å²) in [6, 6.07) is 7.70. The summed E-state index contributed by atoms with van der Waals surface area (Å²) in [5.74, 6) is 0.631. The molecule has 0 bridgehead atoms. The van der Waals surface area contributed by atoms with Crippen molar-refractivity contribution < 1.29 is 5.11 Å². The van der Waals surface area contributed by atoms with E-state index in [4.69, 9.17) is 10.7 Å². The smallest absolute Gasteiger partial charge is 0.135 e. The zero-order valence-electron chi connectivity index (χ0n) is 21.7. The van der Waals surface area contributed by atoms with Crippen LogP contribution < -0.4 is 11.1 Å². The van der Waals surface area contributed by atoms with Crippen molar-refractivity contribution in [2.24, 2.45) is 17.8 Å². The summed E-state index contributed by atoms with van der Waals surface area (Å²) >= 11 is 0. The maximum atomic E-state index is 9.85. The van der Waals surface area contributed by atoms with Crippen LogP contribution in [0.4, 0.5) is 11.4 Å². The number of aromatic nitrogens is 4. The maximum Gasteiger partial charge on any atom is 0.135 e. The molecule has 0 radical (unpaired) electrons. The lowest BCUT2D eigenvalue weighted by molar-refractivity contribution is 0.463. The highest BCUT2D eigenvalue weighted by atomic mass is 16.3. The molecule has 0 saturated heterocycles. The van der Waals surface area contributed by atoms with Gasteiger partial charge in [-0.25, -0.2) is 9.51 Å². The monoisotopic (exact) mass is 487 g/mol. The van der Waals surface area contributed by atoms with Gasteiger partial charge < -0.3 is 16.2 Å². The molecule has 4 aromatic rings. The normalized spacial score (nSPS) is 14.5. The third-order valence-electron chi connectivity index (χ3n) is 6.59. The number of hydrogen-bond acceptors (Lipinski definition) is 5. The quantitative estimate of drug-likeness (QED) is 0.235. The Hall–Kier alpha value is -3.81. The van der Waals surface area contributed by atoms with Gasteiger partial charge in [0.05, 0.1) is 34.8 Å². The first-order valence-electron chi connectivity index (χ1n) is 12.9. The first kappa shape index (κ1) is 25.3. The second kappa shape index (κ2) is 11.3. The maximum absolute atomic E-state index is 9.85. The zero-order valence-corrected chi connectivity index (χ0v) is 21.7. The van der Waals surface area contributed by atoms with Gasteiger partial charge >= 0.3 is 0 Å². The Morgan fingerprint density at radius 1 is 1.08 bits per heavy atom. The number of aryl methyl sites for hydroxylation is 2. The number of rotatable bonds is 6. The van der Waals surface area contributed by atoms with Gasteiger partial charge in [0.15, 0.2) is 0 Å². The van der Waals surface area contributed by atoms with Crippen LogP contribution in [0.2, 0.25) is 0 Å². The molecule has 8 heteroatoms. The van der Waals surface area contributed by atoms with Crippen LogP contribution in [-0.4, -0.2) is 36.4 Å². The zero-order chi connectivity index (χ0) is 25.7. The Morgan fingerprint density at radius 3 is 2.56 bits per heavy atom. The highest BCUT2D eigenvalue weighted by molar-refractivity contribution is 6.06. The number of nitrogens with zero attached hydrogens (tertiary/aromatic N) is 5. The SMILES string of the molecule is CC.CCc1cc(O)ccc1N=C(N)c1cnn2cc(-c3cnn(C)c3)cc2c1NC1CCCCC1. The number of aliphatic imine (C=N–C) groups is 1. The van der Waals surface area contributed by atoms with Gasteiger partial charge in [0.2, 0.25) is 0 Å². The van der Waals surface area contributed by atoms with Gasteiger partial charge in [0, 0.05) is 36.6 Å². The average molecular weight is 488 g/mol. The molecule has 4 N–H and O–H groups in total. The summed E-state index contributed by atoms with van der Waals surface area (Å²) in [7, 11) is 1.91. The number of amidine groups is 1. The van der Waals surface area contributed by atoms with Crippen molar-refractivity contribution in [3.63, 3.8) is 0 Å². The van der Waals surface area contributed by atoms with E-state index in [-0.39, 0.29) is 5.75 Å². The summed E-state index contributed by atoms with van der Waals surface area (Å²) < 4.78 is 3.69. The van der Waals surface area contributed by atoms with Crippen molar-refractivity contribution in [2.75, 3.05) is 5.32 Å². The minimum atomic E-state index is 0.230. The molecule has 0 unspecified atom stereocenters. The Labute approximate surface area is 212 Å². The number of hydrogen-bond donors (Lipinski definition) is 3. The molecule has 1 aliphatic carbocycles. The molecule has 0 spiro atoms. The molecule has 190 valence electrons. The number of phenolic OH excluding ortho intramolecular Hbond substituents is 1. The van der Waals surface area contributed by atoms with E-state index in [9.17, 15) is 5.11 Å². The molecule has 1 saturated carbocycles. The number of fused-ring (bicyclic) bond motifs is 1. The largest absolute Gasteiger partial charge is 0.508 e. The molecular weight excluding hydrogens is 450 g/mol. The number of nitrogens with one attached hydrogen (secondary N) is 1.